The number of hydrogen-bond acceptors (Lipinski definition) is 1. The van der Waals surface area contributed by atoms with Crippen LogP contribution >= 0.6 is 15.9 Å². The summed E-state index contributed by atoms with van der Waals surface area (Å²) >= 11 is 3.59. The van der Waals surface area contributed by atoms with Crippen molar-refractivity contribution in [2.75, 3.05) is 0 Å². The standard InChI is InChI=1S/C17H12BrN/c18-14-6-5-13-8-10-19-9-7-12-3-1-2-4-15(12)17(19)16(13)11-14/h1-11,17H. The minimum absolute atomic E-state index is 0.290. The van der Waals surface area contributed by atoms with Gasteiger partial charge in [0.25, 0.3) is 0 Å². The fourth-order valence-corrected chi connectivity index (χ4v) is 3.27. The van der Waals surface area contributed by atoms with Crippen molar-refractivity contribution in [3.05, 3.63) is 81.6 Å². The van der Waals surface area contributed by atoms with E-state index < -0.39 is 0 Å². The van der Waals surface area contributed by atoms with Gasteiger partial charge in [0.2, 0.25) is 0 Å². The van der Waals surface area contributed by atoms with Crippen molar-refractivity contribution in [1.82, 2.24) is 4.90 Å². The van der Waals surface area contributed by atoms with E-state index in [1.54, 1.807) is 0 Å². The molecule has 19 heavy (non-hydrogen) atoms. The number of fused-ring (bicyclic) bond motifs is 5. The molecule has 0 aliphatic carbocycles. The average molecular weight is 310 g/mol. The van der Waals surface area contributed by atoms with E-state index in [1.807, 2.05) is 0 Å². The molecule has 0 N–H and O–H groups in total. The summed E-state index contributed by atoms with van der Waals surface area (Å²) in [5, 5.41) is 0. The minimum atomic E-state index is 0.290. The van der Waals surface area contributed by atoms with Crippen molar-refractivity contribution in [1.29, 1.82) is 0 Å². The molecule has 0 saturated heterocycles. The summed E-state index contributed by atoms with van der Waals surface area (Å²) in [4.78, 5) is 2.27. The van der Waals surface area contributed by atoms with Gasteiger partial charge in [-0.2, -0.15) is 0 Å². The van der Waals surface area contributed by atoms with Crippen molar-refractivity contribution in [3.8, 4) is 0 Å². The third-order valence-electron chi connectivity index (χ3n) is 3.78. The monoisotopic (exact) mass is 309 g/mol. The van der Waals surface area contributed by atoms with Crippen LogP contribution in [-0.4, -0.2) is 4.90 Å². The number of hydrogen-bond donors (Lipinski definition) is 0. The van der Waals surface area contributed by atoms with Crippen LogP contribution in [0.25, 0.3) is 12.2 Å². The quantitative estimate of drug-likeness (QED) is 0.675. The van der Waals surface area contributed by atoms with Gasteiger partial charge in [-0.05, 0) is 46.5 Å². The summed E-state index contributed by atoms with van der Waals surface area (Å²) in [5.74, 6) is 0. The third kappa shape index (κ3) is 1.67. The Hall–Kier alpha value is -1.80. The van der Waals surface area contributed by atoms with Crippen LogP contribution < -0.4 is 0 Å². The largest absolute Gasteiger partial charge is 0.343 e. The van der Waals surface area contributed by atoms with Gasteiger partial charge in [-0.1, -0.05) is 46.3 Å². The first kappa shape index (κ1) is 11.1. The molecule has 1 unspecified atom stereocenters. The van der Waals surface area contributed by atoms with Gasteiger partial charge in [0.15, 0.2) is 0 Å². The number of rotatable bonds is 0. The number of benzene rings is 2. The molecule has 0 spiro atoms. The van der Waals surface area contributed by atoms with Crippen molar-refractivity contribution in [3.63, 3.8) is 0 Å². The molecular formula is C17H12BrN. The lowest BCUT2D eigenvalue weighted by Crippen LogP contribution is -2.25. The molecule has 2 aromatic carbocycles. The average Bonchev–Trinajstić information content (AvgIpc) is 2.46. The van der Waals surface area contributed by atoms with Crippen LogP contribution in [0.4, 0.5) is 0 Å². The first-order valence-electron chi connectivity index (χ1n) is 6.35. The Balaban J connectivity index is 1.98. The van der Waals surface area contributed by atoms with Crippen LogP contribution in [0.15, 0.2) is 59.3 Å². The maximum atomic E-state index is 3.59. The van der Waals surface area contributed by atoms with Crippen LogP contribution in [0.5, 0.6) is 0 Å². The molecule has 4 rings (SSSR count). The van der Waals surface area contributed by atoms with E-state index in [4.69, 9.17) is 0 Å². The van der Waals surface area contributed by atoms with Crippen molar-refractivity contribution in [2.45, 2.75) is 6.04 Å². The molecule has 0 radical (unpaired) electrons. The summed E-state index contributed by atoms with van der Waals surface area (Å²) in [5.41, 5.74) is 5.34. The minimum Gasteiger partial charge on any atom is -0.343 e. The van der Waals surface area contributed by atoms with E-state index >= 15 is 0 Å². The molecule has 0 amide bonds. The maximum absolute atomic E-state index is 3.59. The van der Waals surface area contributed by atoms with Crippen molar-refractivity contribution in [2.24, 2.45) is 0 Å². The molecule has 2 heteroatoms. The van der Waals surface area contributed by atoms with E-state index in [2.05, 4.69) is 87.8 Å². The first-order valence-corrected chi connectivity index (χ1v) is 7.14. The predicted molar refractivity (Wildman–Crippen MR) is 82.3 cm³/mol. The molecule has 2 heterocycles. The van der Waals surface area contributed by atoms with Gasteiger partial charge in [-0.25, -0.2) is 0 Å². The highest BCUT2D eigenvalue weighted by Gasteiger charge is 2.27. The molecule has 2 aliphatic heterocycles. The van der Waals surface area contributed by atoms with Crippen LogP contribution in [0, 0.1) is 0 Å². The summed E-state index contributed by atoms with van der Waals surface area (Å²) in [6, 6.07) is 15.4. The molecule has 0 saturated carbocycles. The Morgan fingerprint density at radius 2 is 1.58 bits per heavy atom. The zero-order valence-electron chi connectivity index (χ0n) is 10.3. The van der Waals surface area contributed by atoms with Crippen LogP contribution in [0.3, 0.4) is 0 Å². The molecule has 0 fully saturated rings. The Labute approximate surface area is 121 Å². The van der Waals surface area contributed by atoms with E-state index in [0.29, 0.717) is 6.04 Å². The molecule has 1 atom stereocenters. The van der Waals surface area contributed by atoms with Gasteiger partial charge in [-0.3, -0.25) is 0 Å². The zero-order valence-corrected chi connectivity index (χ0v) is 11.8. The summed E-state index contributed by atoms with van der Waals surface area (Å²) in [6.07, 6.45) is 8.68. The first-order chi connectivity index (χ1) is 9.33. The molecule has 1 nitrogen and oxygen atoms in total. The predicted octanol–water partition coefficient (Wildman–Crippen LogP) is 4.81. The second-order valence-corrected chi connectivity index (χ2v) is 5.80. The number of nitrogens with zero attached hydrogens (tertiary/aromatic N) is 1. The summed E-state index contributed by atoms with van der Waals surface area (Å²) < 4.78 is 1.13. The Morgan fingerprint density at radius 1 is 0.842 bits per heavy atom. The maximum Gasteiger partial charge on any atom is 0.0845 e. The molecular weight excluding hydrogens is 298 g/mol. The van der Waals surface area contributed by atoms with Crippen LogP contribution in [0.1, 0.15) is 28.3 Å². The van der Waals surface area contributed by atoms with Gasteiger partial charge < -0.3 is 4.90 Å². The normalized spacial score (nSPS) is 18.8. The second kappa shape index (κ2) is 4.10. The fourth-order valence-electron chi connectivity index (χ4n) is 2.89. The van der Waals surface area contributed by atoms with E-state index in [0.717, 1.165) is 4.47 Å². The topological polar surface area (TPSA) is 3.24 Å². The molecule has 0 bridgehead atoms. The lowest BCUT2D eigenvalue weighted by molar-refractivity contribution is 0.420. The smallest absolute Gasteiger partial charge is 0.0845 e. The van der Waals surface area contributed by atoms with Crippen LogP contribution in [0.2, 0.25) is 0 Å². The van der Waals surface area contributed by atoms with Crippen molar-refractivity contribution >= 4 is 28.1 Å². The van der Waals surface area contributed by atoms with E-state index in [9.17, 15) is 0 Å². The fraction of sp³-hybridized carbons (Fsp3) is 0.0588. The highest BCUT2D eigenvalue weighted by molar-refractivity contribution is 9.10. The Kier molecular flexibility index (Phi) is 2.39. The van der Waals surface area contributed by atoms with Gasteiger partial charge in [0, 0.05) is 16.9 Å². The molecule has 2 aromatic rings. The highest BCUT2D eigenvalue weighted by Crippen LogP contribution is 2.40. The second-order valence-electron chi connectivity index (χ2n) is 4.88. The summed E-state index contributed by atoms with van der Waals surface area (Å²) in [6.45, 7) is 0. The van der Waals surface area contributed by atoms with E-state index in [1.165, 1.54) is 22.3 Å². The highest BCUT2D eigenvalue weighted by atomic mass is 79.9. The summed E-state index contributed by atoms with van der Waals surface area (Å²) in [7, 11) is 0. The van der Waals surface area contributed by atoms with Gasteiger partial charge in [0.1, 0.15) is 0 Å². The third-order valence-corrected chi connectivity index (χ3v) is 4.28. The van der Waals surface area contributed by atoms with E-state index in [-0.39, 0.29) is 0 Å². The molecule has 0 aromatic heterocycles. The van der Waals surface area contributed by atoms with Gasteiger partial charge >= 0.3 is 0 Å². The van der Waals surface area contributed by atoms with Crippen LogP contribution in [-0.2, 0) is 0 Å². The SMILES string of the molecule is Brc1ccc2c(c1)C1c3ccccc3C=CN1C=C2. The van der Waals surface area contributed by atoms with Crippen molar-refractivity contribution < 1.29 is 0 Å². The van der Waals surface area contributed by atoms with Gasteiger partial charge in [-0.15, -0.1) is 0 Å². The number of halogens is 1. The lowest BCUT2D eigenvalue weighted by atomic mass is 9.87. The molecule has 2 aliphatic rings. The van der Waals surface area contributed by atoms with Gasteiger partial charge in [0.05, 0.1) is 6.04 Å². The Bertz CT molecular complexity index is 715. The lowest BCUT2D eigenvalue weighted by Gasteiger charge is -2.36. The Morgan fingerprint density at radius 3 is 2.42 bits per heavy atom. The zero-order chi connectivity index (χ0) is 12.8. The molecule has 92 valence electrons.